The molecule has 9 heteroatoms. The highest BCUT2D eigenvalue weighted by Gasteiger charge is 2.17. The Morgan fingerprint density at radius 2 is 1.77 bits per heavy atom. The quantitative estimate of drug-likeness (QED) is 0.451. The second-order valence-electron chi connectivity index (χ2n) is 6.82. The van der Waals surface area contributed by atoms with E-state index in [0.717, 1.165) is 12.0 Å². The minimum atomic E-state index is -3.55. The molecule has 2 aromatic carbocycles. The van der Waals surface area contributed by atoms with E-state index in [-0.39, 0.29) is 24.0 Å². The second kappa shape index (κ2) is 9.73. The summed E-state index contributed by atoms with van der Waals surface area (Å²) < 4.78 is 32.8. The number of aromatic nitrogens is 2. The van der Waals surface area contributed by atoms with E-state index in [1.54, 1.807) is 20.1 Å². The number of nitrogens with zero attached hydrogens (tertiary/aromatic N) is 2. The van der Waals surface area contributed by atoms with Crippen molar-refractivity contribution in [3.8, 4) is 5.75 Å². The van der Waals surface area contributed by atoms with Crippen LogP contribution in [0, 0.1) is 0 Å². The van der Waals surface area contributed by atoms with Crippen LogP contribution in [0.4, 0.5) is 17.3 Å². The van der Waals surface area contributed by atoms with Gasteiger partial charge in [0.25, 0.3) is 0 Å². The first-order chi connectivity index (χ1) is 14.5. The van der Waals surface area contributed by atoms with Crippen molar-refractivity contribution in [2.75, 3.05) is 29.5 Å². The van der Waals surface area contributed by atoms with Crippen molar-refractivity contribution in [3.05, 3.63) is 48.0 Å². The van der Waals surface area contributed by atoms with Gasteiger partial charge in [-0.2, -0.15) is 0 Å². The molecule has 0 aliphatic carbocycles. The third kappa shape index (κ3) is 5.37. The van der Waals surface area contributed by atoms with Crippen molar-refractivity contribution in [1.29, 1.82) is 0 Å². The van der Waals surface area contributed by atoms with E-state index < -0.39 is 10.0 Å². The summed E-state index contributed by atoms with van der Waals surface area (Å²) in [5.41, 5.74) is 2.88. The predicted octanol–water partition coefficient (Wildman–Crippen LogP) is 3.46. The summed E-state index contributed by atoms with van der Waals surface area (Å²) in [4.78, 5) is 9.04. The van der Waals surface area contributed by atoms with Gasteiger partial charge in [-0.15, -0.1) is 0 Å². The molecule has 8 nitrogen and oxygen atoms in total. The zero-order valence-electron chi connectivity index (χ0n) is 17.1. The third-order valence-corrected chi connectivity index (χ3v) is 5.89. The van der Waals surface area contributed by atoms with Gasteiger partial charge >= 0.3 is 0 Å². The van der Waals surface area contributed by atoms with Gasteiger partial charge in [0.15, 0.2) is 11.6 Å². The minimum absolute atomic E-state index is 0.0101. The molecular weight excluding hydrogens is 404 g/mol. The molecule has 0 amide bonds. The number of aryl methyl sites for hydroxylation is 1. The van der Waals surface area contributed by atoms with Crippen LogP contribution < -0.4 is 14.8 Å². The summed E-state index contributed by atoms with van der Waals surface area (Å²) in [5, 5.41) is 12.2. The Kier molecular flexibility index (Phi) is 7.07. The van der Waals surface area contributed by atoms with Crippen LogP contribution in [0.15, 0.2) is 42.5 Å². The van der Waals surface area contributed by atoms with Gasteiger partial charge in [-0.05, 0) is 49.1 Å². The number of aliphatic hydroxyl groups is 1. The maximum Gasteiger partial charge on any atom is 0.233 e. The Bertz CT molecular complexity index is 1120. The topological polar surface area (TPSA) is 113 Å². The van der Waals surface area contributed by atoms with Crippen molar-refractivity contribution in [3.63, 3.8) is 0 Å². The molecule has 1 aromatic heterocycles. The molecule has 160 valence electrons. The number of aliphatic hydroxyl groups excluding tert-OH is 1. The molecule has 0 bridgehead atoms. The number of nitrogens with one attached hydrogen (secondary N) is 2. The normalized spacial score (nSPS) is 11.4. The molecule has 3 aromatic rings. The maximum atomic E-state index is 12.4. The number of benzene rings is 2. The summed E-state index contributed by atoms with van der Waals surface area (Å²) in [7, 11) is -1.99. The summed E-state index contributed by atoms with van der Waals surface area (Å²) in [5.74, 6) is 0.996. The van der Waals surface area contributed by atoms with Crippen LogP contribution in [0.25, 0.3) is 11.0 Å². The van der Waals surface area contributed by atoms with Crippen molar-refractivity contribution >= 4 is 38.4 Å². The molecule has 0 spiro atoms. The Morgan fingerprint density at radius 3 is 2.40 bits per heavy atom. The summed E-state index contributed by atoms with van der Waals surface area (Å²) in [6.07, 6.45) is 1.88. The van der Waals surface area contributed by atoms with Gasteiger partial charge in [-0.3, -0.25) is 4.72 Å². The van der Waals surface area contributed by atoms with Gasteiger partial charge in [0.1, 0.15) is 5.75 Å². The molecule has 30 heavy (non-hydrogen) atoms. The fraction of sp³-hybridized carbons (Fsp3) is 0.333. The first-order valence-electron chi connectivity index (χ1n) is 9.78. The van der Waals surface area contributed by atoms with Crippen LogP contribution in [0.5, 0.6) is 5.75 Å². The number of sulfonamides is 1. The fourth-order valence-corrected chi connectivity index (χ4v) is 4.11. The lowest BCUT2D eigenvalue weighted by Crippen LogP contribution is -2.18. The third-order valence-electron chi connectivity index (χ3n) is 4.44. The lowest BCUT2D eigenvalue weighted by molar-refractivity contribution is 0.288. The lowest BCUT2D eigenvalue weighted by Gasteiger charge is -2.16. The second-order valence-corrected chi connectivity index (χ2v) is 8.66. The predicted molar refractivity (Wildman–Crippen MR) is 119 cm³/mol. The van der Waals surface area contributed by atoms with Crippen molar-refractivity contribution in [2.45, 2.75) is 26.2 Å². The largest absolute Gasteiger partial charge is 0.495 e. The van der Waals surface area contributed by atoms with Gasteiger partial charge < -0.3 is 15.2 Å². The van der Waals surface area contributed by atoms with Gasteiger partial charge in [-0.25, -0.2) is 18.4 Å². The highest BCUT2D eigenvalue weighted by molar-refractivity contribution is 7.92. The van der Waals surface area contributed by atoms with Crippen molar-refractivity contribution in [2.24, 2.45) is 0 Å². The molecule has 0 atom stereocenters. The van der Waals surface area contributed by atoms with E-state index in [9.17, 15) is 8.42 Å². The van der Waals surface area contributed by atoms with Crippen molar-refractivity contribution in [1.82, 2.24) is 9.97 Å². The Balaban J connectivity index is 2.01. The van der Waals surface area contributed by atoms with Crippen LogP contribution in [0.3, 0.4) is 0 Å². The van der Waals surface area contributed by atoms with Gasteiger partial charge in [0.2, 0.25) is 10.0 Å². The monoisotopic (exact) mass is 430 g/mol. The molecule has 1 heterocycles. The first kappa shape index (κ1) is 21.8. The molecule has 3 N–H and O–H groups in total. The van der Waals surface area contributed by atoms with E-state index >= 15 is 0 Å². The lowest BCUT2D eigenvalue weighted by atomic mass is 10.1. The fourth-order valence-electron chi connectivity index (χ4n) is 3.03. The number of fused-ring (bicyclic) bond motifs is 1. The molecule has 3 rings (SSSR count). The molecule has 0 aliphatic heterocycles. The standard InChI is InChI=1S/C21H26N4O4S/c1-3-13-30(27,28)25-21-20(22-16-8-4-5-9-17(16)23-21)24-18-11-10-15(7-6-12-26)14-19(18)29-2/h4-5,8-11,14,26H,3,6-7,12-13H2,1-2H3,(H,22,24)(H,23,25). The number of methoxy groups -OCH3 is 1. The molecule has 0 unspecified atom stereocenters. The average molecular weight is 431 g/mol. The minimum Gasteiger partial charge on any atom is -0.495 e. The molecule has 0 saturated carbocycles. The average Bonchev–Trinajstić information content (AvgIpc) is 2.73. The van der Waals surface area contributed by atoms with Crippen LogP contribution in [-0.2, 0) is 16.4 Å². The SMILES string of the molecule is CCCS(=O)(=O)Nc1nc2ccccc2nc1Nc1ccc(CCCO)cc1OC. The highest BCUT2D eigenvalue weighted by Crippen LogP contribution is 2.32. The number of ether oxygens (including phenoxy) is 1. The smallest absolute Gasteiger partial charge is 0.233 e. The zero-order valence-corrected chi connectivity index (χ0v) is 17.9. The molecule has 0 aliphatic rings. The Morgan fingerprint density at radius 1 is 1.07 bits per heavy atom. The van der Waals surface area contributed by atoms with E-state index in [4.69, 9.17) is 9.84 Å². The molecule has 0 fully saturated rings. The summed E-state index contributed by atoms with van der Waals surface area (Å²) in [6.45, 7) is 1.92. The highest BCUT2D eigenvalue weighted by atomic mass is 32.2. The van der Waals surface area contributed by atoms with Crippen LogP contribution in [-0.4, -0.2) is 43.0 Å². The summed E-state index contributed by atoms with van der Waals surface area (Å²) >= 11 is 0. The molecule has 0 saturated heterocycles. The van der Waals surface area contributed by atoms with Crippen molar-refractivity contribution < 1.29 is 18.3 Å². The van der Waals surface area contributed by atoms with E-state index in [0.29, 0.717) is 35.3 Å². The van der Waals surface area contributed by atoms with E-state index in [1.165, 1.54) is 0 Å². The van der Waals surface area contributed by atoms with Crippen LogP contribution >= 0.6 is 0 Å². The van der Waals surface area contributed by atoms with E-state index in [1.807, 2.05) is 36.4 Å². The van der Waals surface area contributed by atoms with Crippen LogP contribution in [0.2, 0.25) is 0 Å². The number of hydrogen-bond donors (Lipinski definition) is 3. The Labute approximate surface area is 176 Å². The number of hydrogen-bond acceptors (Lipinski definition) is 7. The van der Waals surface area contributed by atoms with Crippen LogP contribution in [0.1, 0.15) is 25.3 Å². The number of anilines is 3. The summed E-state index contributed by atoms with van der Waals surface area (Å²) in [6, 6.07) is 12.9. The van der Waals surface area contributed by atoms with Gasteiger partial charge in [0.05, 0.1) is 29.6 Å². The molecular formula is C21H26N4O4S. The van der Waals surface area contributed by atoms with E-state index in [2.05, 4.69) is 20.0 Å². The van der Waals surface area contributed by atoms with Gasteiger partial charge in [-0.1, -0.05) is 25.1 Å². The number of rotatable bonds is 10. The molecule has 0 radical (unpaired) electrons. The maximum absolute atomic E-state index is 12.4. The van der Waals surface area contributed by atoms with Gasteiger partial charge in [0, 0.05) is 6.61 Å². The number of para-hydroxylation sites is 2. The zero-order chi connectivity index (χ0) is 21.6. The first-order valence-corrected chi connectivity index (χ1v) is 11.4. The Hall–Kier alpha value is -2.91.